The molecule has 0 unspecified atom stereocenters. The highest BCUT2D eigenvalue weighted by Gasteiger charge is 2.11. The lowest BCUT2D eigenvalue weighted by Crippen LogP contribution is -2.37. The Hall–Kier alpha value is -0.490. The first-order chi connectivity index (χ1) is 9.38. The van der Waals surface area contributed by atoms with Crippen LogP contribution in [0.4, 0.5) is 0 Å². The van der Waals surface area contributed by atoms with E-state index in [1.807, 2.05) is 17.5 Å². The van der Waals surface area contributed by atoms with Gasteiger partial charge in [-0.2, -0.15) is 0 Å². The van der Waals surface area contributed by atoms with Crippen LogP contribution in [0.1, 0.15) is 29.7 Å². The molecule has 0 radical (unpaired) electrons. The summed E-state index contributed by atoms with van der Waals surface area (Å²) in [6.45, 7) is 9.30. The quantitative estimate of drug-likeness (QED) is 0.740. The Bertz CT molecular complexity index is 350. The zero-order valence-electron chi connectivity index (χ0n) is 11.9. The standard InChI is InChI=1S/C14H25N3OS/c1-2-3-5-15-11-13-12-16-14(19-13)4-6-17-7-9-18-10-8-17/h12,15H,2-11H2,1H3. The van der Waals surface area contributed by atoms with E-state index in [0.29, 0.717) is 0 Å². The number of rotatable bonds is 8. The number of morpholine rings is 1. The smallest absolute Gasteiger partial charge is 0.0940 e. The molecule has 0 atom stereocenters. The topological polar surface area (TPSA) is 37.4 Å². The third-order valence-corrected chi connectivity index (χ3v) is 4.41. The van der Waals surface area contributed by atoms with Crippen LogP contribution >= 0.6 is 11.3 Å². The molecule has 108 valence electrons. The zero-order chi connectivity index (χ0) is 13.3. The second kappa shape index (κ2) is 8.64. The molecule has 0 spiro atoms. The van der Waals surface area contributed by atoms with Gasteiger partial charge in [0.15, 0.2) is 0 Å². The molecule has 1 aliphatic heterocycles. The van der Waals surface area contributed by atoms with Gasteiger partial charge in [0.1, 0.15) is 0 Å². The summed E-state index contributed by atoms with van der Waals surface area (Å²) in [4.78, 5) is 8.34. The second-order valence-corrected chi connectivity index (χ2v) is 6.15. The largest absolute Gasteiger partial charge is 0.379 e. The van der Waals surface area contributed by atoms with Crippen LogP contribution in [-0.4, -0.2) is 49.3 Å². The summed E-state index contributed by atoms with van der Waals surface area (Å²) >= 11 is 1.85. The van der Waals surface area contributed by atoms with Gasteiger partial charge in [-0.3, -0.25) is 4.90 Å². The van der Waals surface area contributed by atoms with Crippen LogP contribution < -0.4 is 5.32 Å². The van der Waals surface area contributed by atoms with Crippen LogP contribution in [0.15, 0.2) is 6.20 Å². The number of hydrogen-bond acceptors (Lipinski definition) is 5. The highest BCUT2D eigenvalue weighted by molar-refractivity contribution is 7.11. The van der Waals surface area contributed by atoms with Crippen LogP contribution in [0.25, 0.3) is 0 Å². The van der Waals surface area contributed by atoms with Crippen molar-refractivity contribution in [1.29, 1.82) is 0 Å². The highest BCUT2D eigenvalue weighted by atomic mass is 32.1. The van der Waals surface area contributed by atoms with Gasteiger partial charge in [0, 0.05) is 43.7 Å². The third-order valence-electron chi connectivity index (χ3n) is 3.35. The Morgan fingerprint density at radius 3 is 3.05 bits per heavy atom. The Kier molecular flexibility index (Phi) is 6.78. The van der Waals surface area contributed by atoms with Crippen LogP contribution in [-0.2, 0) is 17.7 Å². The lowest BCUT2D eigenvalue weighted by molar-refractivity contribution is 0.0384. The fourth-order valence-electron chi connectivity index (χ4n) is 2.14. The summed E-state index contributed by atoms with van der Waals surface area (Å²) in [6.07, 6.45) is 5.60. The van der Waals surface area contributed by atoms with Crippen LogP contribution in [0.2, 0.25) is 0 Å². The Morgan fingerprint density at radius 2 is 2.26 bits per heavy atom. The highest BCUT2D eigenvalue weighted by Crippen LogP contribution is 2.14. The fraction of sp³-hybridized carbons (Fsp3) is 0.786. The predicted molar refractivity (Wildman–Crippen MR) is 79.7 cm³/mol. The Labute approximate surface area is 120 Å². The number of aromatic nitrogens is 1. The van der Waals surface area contributed by atoms with Crippen molar-refractivity contribution in [2.75, 3.05) is 39.4 Å². The first kappa shape index (κ1) is 14.9. The lowest BCUT2D eigenvalue weighted by atomic mass is 10.3. The van der Waals surface area contributed by atoms with E-state index in [2.05, 4.69) is 22.1 Å². The molecule has 2 rings (SSSR count). The monoisotopic (exact) mass is 283 g/mol. The molecule has 1 saturated heterocycles. The summed E-state index contributed by atoms with van der Waals surface area (Å²) in [7, 11) is 0. The molecule has 4 nitrogen and oxygen atoms in total. The van der Waals surface area contributed by atoms with Crippen molar-refractivity contribution in [2.24, 2.45) is 0 Å². The molecule has 19 heavy (non-hydrogen) atoms. The van der Waals surface area contributed by atoms with Gasteiger partial charge in [-0.25, -0.2) is 4.98 Å². The average molecular weight is 283 g/mol. The summed E-state index contributed by atoms with van der Waals surface area (Å²) in [6, 6.07) is 0. The molecule has 1 aromatic heterocycles. The van der Waals surface area contributed by atoms with Crippen molar-refractivity contribution in [3.05, 3.63) is 16.1 Å². The third kappa shape index (κ3) is 5.57. The van der Waals surface area contributed by atoms with Crippen molar-refractivity contribution in [3.8, 4) is 0 Å². The van der Waals surface area contributed by atoms with E-state index >= 15 is 0 Å². The maximum Gasteiger partial charge on any atom is 0.0940 e. The first-order valence-electron chi connectivity index (χ1n) is 7.33. The molecule has 0 saturated carbocycles. The molecular formula is C14H25N3OS. The first-order valence-corrected chi connectivity index (χ1v) is 8.14. The fourth-order valence-corrected chi connectivity index (χ4v) is 3.02. The molecule has 0 aliphatic carbocycles. The van der Waals surface area contributed by atoms with Gasteiger partial charge in [-0.1, -0.05) is 13.3 Å². The molecule has 0 bridgehead atoms. The van der Waals surface area contributed by atoms with Crippen molar-refractivity contribution < 1.29 is 4.74 Å². The molecule has 1 fully saturated rings. The average Bonchev–Trinajstić information content (AvgIpc) is 2.91. The second-order valence-electron chi connectivity index (χ2n) is 4.95. The van der Waals surface area contributed by atoms with Crippen LogP contribution in [0.5, 0.6) is 0 Å². The molecule has 1 N–H and O–H groups in total. The van der Waals surface area contributed by atoms with Crippen LogP contribution in [0.3, 0.4) is 0 Å². The molecule has 0 aromatic carbocycles. The van der Waals surface area contributed by atoms with E-state index < -0.39 is 0 Å². The number of nitrogens with zero attached hydrogens (tertiary/aromatic N) is 2. The minimum atomic E-state index is 0.879. The van der Waals surface area contributed by atoms with Crippen molar-refractivity contribution >= 4 is 11.3 Å². The van der Waals surface area contributed by atoms with Crippen molar-refractivity contribution in [3.63, 3.8) is 0 Å². The molecule has 0 amide bonds. The molecule has 1 aliphatic rings. The normalized spacial score (nSPS) is 16.9. The summed E-state index contributed by atoms with van der Waals surface area (Å²) < 4.78 is 5.36. The van der Waals surface area contributed by atoms with Crippen molar-refractivity contribution in [2.45, 2.75) is 32.7 Å². The van der Waals surface area contributed by atoms with Gasteiger partial charge >= 0.3 is 0 Å². The number of thiazole rings is 1. The van der Waals surface area contributed by atoms with Gasteiger partial charge in [-0.05, 0) is 13.0 Å². The molecule has 2 heterocycles. The predicted octanol–water partition coefficient (Wildman–Crippen LogP) is 1.91. The molecule has 1 aromatic rings. The minimum Gasteiger partial charge on any atom is -0.379 e. The zero-order valence-corrected chi connectivity index (χ0v) is 12.7. The minimum absolute atomic E-state index is 0.879. The number of unbranched alkanes of at least 4 members (excludes halogenated alkanes) is 1. The van der Waals surface area contributed by atoms with E-state index in [4.69, 9.17) is 4.74 Å². The summed E-state index contributed by atoms with van der Waals surface area (Å²) in [5.41, 5.74) is 0. The maximum atomic E-state index is 5.36. The Balaban J connectivity index is 1.65. The van der Waals surface area contributed by atoms with Crippen molar-refractivity contribution in [1.82, 2.24) is 15.2 Å². The van der Waals surface area contributed by atoms with Gasteiger partial charge < -0.3 is 10.1 Å². The van der Waals surface area contributed by atoms with E-state index in [1.165, 1.54) is 22.7 Å². The SMILES string of the molecule is CCCCNCc1cnc(CCN2CCOCC2)s1. The number of hydrogen-bond donors (Lipinski definition) is 1. The van der Waals surface area contributed by atoms with Gasteiger partial charge in [0.05, 0.1) is 18.2 Å². The molecular weight excluding hydrogens is 258 g/mol. The van der Waals surface area contributed by atoms with Gasteiger partial charge in [0.25, 0.3) is 0 Å². The maximum absolute atomic E-state index is 5.36. The van der Waals surface area contributed by atoms with Crippen LogP contribution in [0, 0.1) is 0 Å². The van der Waals surface area contributed by atoms with Gasteiger partial charge in [-0.15, -0.1) is 11.3 Å². The lowest BCUT2D eigenvalue weighted by Gasteiger charge is -2.25. The van der Waals surface area contributed by atoms with E-state index in [0.717, 1.165) is 52.4 Å². The van der Waals surface area contributed by atoms with E-state index in [-0.39, 0.29) is 0 Å². The summed E-state index contributed by atoms with van der Waals surface area (Å²) in [5.74, 6) is 0. The number of nitrogens with one attached hydrogen (secondary N) is 1. The van der Waals surface area contributed by atoms with E-state index in [1.54, 1.807) is 0 Å². The Morgan fingerprint density at radius 1 is 1.42 bits per heavy atom. The summed E-state index contributed by atoms with van der Waals surface area (Å²) in [5, 5.41) is 4.73. The van der Waals surface area contributed by atoms with Gasteiger partial charge in [0.2, 0.25) is 0 Å². The molecule has 5 heteroatoms. The number of ether oxygens (including phenoxy) is 1. The van der Waals surface area contributed by atoms with E-state index in [9.17, 15) is 0 Å².